The second kappa shape index (κ2) is 7.42. The van der Waals surface area contributed by atoms with Gasteiger partial charge in [-0.15, -0.1) is 0 Å². The minimum absolute atomic E-state index is 0.160. The Bertz CT molecular complexity index is 166. The number of hydrogen-bond acceptors (Lipinski definition) is 2. The van der Waals surface area contributed by atoms with Crippen LogP contribution >= 0.6 is 0 Å². The number of allylic oxidation sites excluding steroid dienone is 1. The summed E-state index contributed by atoms with van der Waals surface area (Å²) in [5.74, 6) is 0.679. The van der Waals surface area contributed by atoms with Gasteiger partial charge < -0.3 is 9.66 Å². The van der Waals surface area contributed by atoms with Crippen molar-refractivity contribution in [2.75, 3.05) is 12.4 Å². The standard InChI is InChI=1S/C10H20O2S/c1-4-9(7-8-11)10(5-2)13(12)6-3/h11H,4-8H2,1-3H3/b10-9+. The summed E-state index contributed by atoms with van der Waals surface area (Å²) >= 11 is -0.828. The maximum Gasteiger partial charge on any atom is 0.128 e. The van der Waals surface area contributed by atoms with Gasteiger partial charge in [-0.25, -0.2) is 0 Å². The molecule has 0 spiro atoms. The predicted octanol–water partition coefficient (Wildman–Crippen LogP) is 2.21. The van der Waals surface area contributed by atoms with Crippen LogP contribution in [0.25, 0.3) is 0 Å². The Balaban J connectivity index is 4.59. The van der Waals surface area contributed by atoms with Crippen molar-refractivity contribution in [3.05, 3.63) is 10.5 Å². The molecule has 2 nitrogen and oxygen atoms in total. The zero-order valence-electron chi connectivity index (χ0n) is 8.80. The van der Waals surface area contributed by atoms with Crippen LogP contribution in [-0.4, -0.2) is 22.0 Å². The Labute approximate surface area is 84.2 Å². The first-order chi connectivity index (χ1) is 6.21. The maximum atomic E-state index is 11.6. The van der Waals surface area contributed by atoms with Crippen LogP contribution in [0.15, 0.2) is 10.5 Å². The molecule has 0 bridgehead atoms. The molecule has 0 aliphatic carbocycles. The van der Waals surface area contributed by atoms with E-state index < -0.39 is 11.2 Å². The summed E-state index contributed by atoms with van der Waals surface area (Å²) in [6, 6.07) is 0. The summed E-state index contributed by atoms with van der Waals surface area (Å²) < 4.78 is 11.6. The quantitative estimate of drug-likeness (QED) is 0.674. The first-order valence-corrected chi connectivity index (χ1v) is 6.23. The Morgan fingerprint density at radius 3 is 2.15 bits per heavy atom. The third kappa shape index (κ3) is 4.16. The lowest BCUT2D eigenvalue weighted by molar-refractivity contribution is 0.298. The lowest BCUT2D eigenvalue weighted by Crippen LogP contribution is -2.09. The fourth-order valence-electron chi connectivity index (χ4n) is 1.39. The third-order valence-electron chi connectivity index (χ3n) is 2.09. The molecule has 3 heteroatoms. The van der Waals surface area contributed by atoms with Gasteiger partial charge in [-0.05, 0) is 36.5 Å². The summed E-state index contributed by atoms with van der Waals surface area (Å²) in [6.45, 7) is 6.16. The van der Waals surface area contributed by atoms with Crippen LogP contribution in [0.2, 0.25) is 0 Å². The Kier molecular flexibility index (Phi) is 7.42. The normalized spacial score (nSPS) is 15.5. The Hall–Kier alpha value is 0.01000. The molecule has 1 unspecified atom stereocenters. The fourth-order valence-corrected chi connectivity index (χ4v) is 2.63. The average Bonchev–Trinajstić information content (AvgIpc) is 2.17. The molecular weight excluding hydrogens is 184 g/mol. The van der Waals surface area contributed by atoms with Crippen LogP contribution in [0.5, 0.6) is 0 Å². The number of aliphatic hydroxyl groups is 1. The van der Waals surface area contributed by atoms with Crippen molar-refractivity contribution < 1.29 is 9.66 Å². The van der Waals surface area contributed by atoms with Crippen LogP contribution in [-0.2, 0) is 11.2 Å². The molecule has 0 radical (unpaired) electrons. The molecule has 0 fully saturated rings. The largest absolute Gasteiger partial charge is 0.612 e. The highest BCUT2D eigenvalue weighted by atomic mass is 32.2. The van der Waals surface area contributed by atoms with Crippen molar-refractivity contribution in [3.8, 4) is 0 Å². The molecule has 1 N–H and O–H groups in total. The van der Waals surface area contributed by atoms with Crippen molar-refractivity contribution in [3.63, 3.8) is 0 Å². The zero-order chi connectivity index (χ0) is 10.3. The van der Waals surface area contributed by atoms with Crippen LogP contribution in [0, 0.1) is 0 Å². The van der Waals surface area contributed by atoms with E-state index in [2.05, 4.69) is 0 Å². The van der Waals surface area contributed by atoms with E-state index in [-0.39, 0.29) is 6.61 Å². The van der Waals surface area contributed by atoms with Gasteiger partial charge >= 0.3 is 0 Å². The molecule has 1 atom stereocenters. The van der Waals surface area contributed by atoms with E-state index in [4.69, 9.17) is 5.11 Å². The molecule has 78 valence electrons. The second-order valence-corrected chi connectivity index (χ2v) is 4.60. The van der Waals surface area contributed by atoms with Crippen molar-refractivity contribution in [2.45, 2.75) is 40.0 Å². The topological polar surface area (TPSA) is 43.3 Å². The zero-order valence-corrected chi connectivity index (χ0v) is 9.62. The monoisotopic (exact) mass is 204 g/mol. The molecule has 0 aromatic carbocycles. The first kappa shape index (κ1) is 13.0. The predicted molar refractivity (Wildman–Crippen MR) is 58.0 cm³/mol. The van der Waals surface area contributed by atoms with Gasteiger partial charge in [0, 0.05) is 13.0 Å². The van der Waals surface area contributed by atoms with E-state index in [0.29, 0.717) is 12.2 Å². The molecule has 0 aliphatic heterocycles. The highest BCUT2D eigenvalue weighted by Gasteiger charge is 2.14. The number of hydrogen-bond donors (Lipinski definition) is 1. The second-order valence-electron chi connectivity index (χ2n) is 2.84. The molecule has 0 aliphatic rings. The van der Waals surface area contributed by atoms with Gasteiger partial charge in [-0.1, -0.05) is 13.8 Å². The minimum atomic E-state index is -0.828. The van der Waals surface area contributed by atoms with Gasteiger partial charge in [0.25, 0.3) is 0 Å². The minimum Gasteiger partial charge on any atom is -0.612 e. The summed E-state index contributed by atoms with van der Waals surface area (Å²) in [4.78, 5) is 1.04. The lowest BCUT2D eigenvalue weighted by atomic mass is 10.1. The van der Waals surface area contributed by atoms with Crippen molar-refractivity contribution in [1.82, 2.24) is 0 Å². The summed E-state index contributed by atoms with van der Waals surface area (Å²) in [6.07, 6.45) is 2.41. The highest BCUT2D eigenvalue weighted by Crippen LogP contribution is 2.21. The molecule has 0 amide bonds. The Morgan fingerprint density at radius 2 is 1.85 bits per heavy atom. The van der Waals surface area contributed by atoms with Gasteiger partial charge in [0.2, 0.25) is 0 Å². The van der Waals surface area contributed by atoms with Crippen LogP contribution < -0.4 is 0 Å². The van der Waals surface area contributed by atoms with E-state index >= 15 is 0 Å². The van der Waals surface area contributed by atoms with Crippen LogP contribution in [0.4, 0.5) is 0 Å². The SMILES string of the molecule is CC/C(CCO)=C(/CC)[S+]([O-])CC. The molecule has 0 aromatic heterocycles. The molecule has 0 saturated carbocycles. The Morgan fingerprint density at radius 1 is 1.23 bits per heavy atom. The highest BCUT2D eigenvalue weighted by molar-refractivity contribution is 7.95. The van der Waals surface area contributed by atoms with E-state index in [0.717, 1.165) is 17.7 Å². The molecule has 0 rings (SSSR count). The summed E-state index contributed by atoms with van der Waals surface area (Å²) in [5, 5.41) is 8.83. The van der Waals surface area contributed by atoms with Gasteiger partial charge in [-0.2, -0.15) is 0 Å². The van der Waals surface area contributed by atoms with Gasteiger partial charge in [-0.3, -0.25) is 0 Å². The fraction of sp³-hybridized carbons (Fsp3) is 0.800. The van der Waals surface area contributed by atoms with Crippen molar-refractivity contribution in [2.24, 2.45) is 0 Å². The lowest BCUT2D eigenvalue weighted by Gasteiger charge is -2.14. The van der Waals surface area contributed by atoms with E-state index in [9.17, 15) is 4.55 Å². The van der Waals surface area contributed by atoms with Crippen molar-refractivity contribution in [1.29, 1.82) is 0 Å². The molecular formula is C10H20O2S. The average molecular weight is 204 g/mol. The van der Waals surface area contributed by atoms with Gasteiger partial charge in [0.05, 0.1) is 0 Å². The van der Waals surface area contributed by atoms with Crippen LogP contribution in [0.3, 0.4) is 0 Å². The van der Waals surface area contributed by atoms with Gasteiger partial charge in [0.1, 0.15) is 10.7 Å². The third-order valence-corrected chi connectivity index (χ3v) is 3.74. The summed E-state index contributed by atoms with van der Waals surface area (Å²) in [7, 11) is 0. The smallest absolute Gasteiger partial charge is 0.128 e. The van der Waals surface area contributed by atoms with Gasteiger partial charge in [0.15, 0.2) is 0 Å². The van der Waals surface area contributed by atoms with E-state index in [1.165, 1.54) is 5.57 Å². The first-order valence-electron chi connectivity index (χ1n) is 4.91. The molecule has 13 heavy (non-hydrogen) atoms. The maximum absolute atomic E-state index is 11.6. The summed E-state index contributed by atoms with van der Waals surface area (Å²) in [5.41, 5.74) is 1.17. The van der Waals surface area contributed by atoms with Crippen LogP contribution in [0.1, 0.15) is 40.0 Å². The van der Waals surface area contributed by atoms with Crippen molar-refractivity contribution >= 4 is 11.2 Å². The van der Waals surface area contributed by atoms with E-state index in [1.54, 1.807) is 0 Å². The number of aliphatic hydroxyl groups excluding tert-OH is 1. The number of rotatable bonds is 6. The molecule has 0 aromatic rings. The molecule has 0 heterocycles. The molecule has 0 saturated heterocycles. The van der Waals surface area contributed by atoms with E-state index in [1.807, 2.05) is 20.8 Å².